The summed E-state index contributed by atoms with van der Waals surface area (Å²) in [4.78, 5) is 26.7. The van der Waals surface area contributed by atoms with E-state index in [1.54, 1.807) is 6.20 Å². The number of imidazole rings is 1. The lowest BCUT2D eigenvalue weighted by Crippen LogP contribution is -2.39. The lowest BCUT2D eigenvalue weighted by molar-refractivity contribution is 0.0740. The Kier molecular flexibility index (Phi) is 4.79. The predicted octanol–water partition coefficient (Wildman–Crippen LogP) is 2.98. The van der Waals surface area contributed by atoms with E-state index < -0.39 is 0 Å². The second-order valence-corrected chi connectivity index (χ2v) is 8.33. The highest BCUT2D eigenvalue weighted by Crippen LogP contribution is 2.29. The average Bonchev–Trinajstić information content (AvgIpc) is 3.26. The van der Waals surface area contributed by atoms with Gasteiger partial charge >= 0.3 is 0 Å². The smallest absolute Gasteiger partial charge is 0.255 e. The van der Waals surface area contributed by atoms with Crippen molar-refractivity contribution in [3.05, 3.63) is 60.0 Å². The van der Waals surface area contributed by atoms with Crippen molar-refractivity contribution < 1.29 is 4.79 Å². The molecule has 0 aliphatic carbocycles. The van der Waals surface area contributed by atoms with Gasteiger partial charge in [0.15, 0.2) is 5.65 Å². The van der Waals surface area contributed by atoms with Crippen molar-refractivity contribution >= 4 is 17.1 Å². The topological polar surface area (TPSA) is 54.3 Å². The standard InChI is InChI=1S/C23H27N5O/c1-26-19-7-8-20(26)15-27(12-10-19)23(29)18-13-21-22(24-14-18)28(16-25-21)11-9-17-5-3-2-4-6-17/h2-6,13-14,16,19-20H,7-12,15H2,1H3/t19-,20+/m1/s1. The zero-order valence-corrected chi connectivity index (χ0v) is 16.9. The Morgan fingerprint density at radius 3 is 2.79 bits per heavy atom. The Morgan fingerprint density at radius 2 is 1.93 bits per heavy atom. The van der Waals surface area contributed by atoms with Crippen LogP contribution in [0.5, 0.6) is 0 Å². The normalized spacial score (nSPS) is 22.2. The lowest BCUT2D eigenvalue weighted by Gasteiger charge is -2.25. The number of aromatic nitrogens is 3. The number of likely N-dealkylation sites (N-methyl/N-ethyl adjacent to an activating group) is 1. The van der Waals surface area contributed by atoms with E-state index in [-0.39, 0.29) is 5.91 Å². The first-order valence-corrected chi connectivity index (χ1v) is 10.5. The van der Waals surface area contributed by atoms with E-state index in [0.717, 1.165) is 43.6 Å². The van der Waals surface area contributed by atoms with E-state index in [2.05, 4.69) is 50.7 Å². The Labute approximate surface area is 171 Å². The summed E-state index contributed by atoms with van der Waals surface area (Å²) in [7, 11) is 2.20. The predicted molar refractivity (Wildman–Crippen MR) is 113 cm³/mol. The van der Waals surface area contributed by atoms with E-state index in [1.165, 1.54) is 18.4 Å². The maximum absolute atomic E-state index is 13.1. The molecule has 150 valence electrons. The second kappa shape index (κ2) is 7.59. The monoisotopic (exact) mass is 389 g/mol. The van der Waals surface area contributed by atoms with E-state index >= 15 is 0 Å². The first kappa shape index (κ1) is 18.3. The summed E-state index contributed by atoms with van der Waals surface area (Å²) in [5.41, 5.74) is 3.57. The molecule has 2 aliphatic heterocycles. The maximum Gasteiger partial charge on any atom is 0.255 e. The van der Waals surface area contributed by atoms with Crippen LogP contribution in [0.4, 0.5) is 0 Å². The third-order valence-electron chi connectivity index (χ3n) is 6.62. The fourth-order valence-electron chi connectivity index (χ4n) is 4.80. The molecule has 2 bridgehead atoms. The minimum absolute atomic E-state index is 0.0826. The first-order valence-electron chi connectivity index (χ1n) is 10.5. The molecule has 0 spiro atoms. The van der Waals surface area contributed by atoms with Crippen LogP contribution in [0, 0.1) is 0 Å². The molecule has 2 aliphatic rings. The molecule has 2 saturated heterocycles. The number of amides is 1. The highest BCUT2D eigenvalue weighted by atomic mass is 16.2. The molecule has 4 heterocycles. The van der Waals surface area contributed by atoms with Crippen LogP contribution in [-0.4, -0.2) is 62.5 Å². The van der Waals surface area contributed by atoms with Gasteiger partial charge in [-0.2, -0.15) is 0 Å². The van der Waals surface area contributed by atoms with Gasteiger partial charge < -0.3 is 9.47 Å². The molecule has 1 amide bonds. The molecule has 5 rings (SSSR count). The molecular formula is C23H27N5O. The van der Waals surface area contributed by atoms with Gasteiger partial charge in [0.1, 0.15) is 5.52 Å². The summed E-state index contributed by atoms with van der Waals surface area (Å²) in [5, 5.41) is 0. The van der Waals surface area contributed by atoms with Crippen molar-refractivity contribution in [1.82, 2.24) is 24.3 Å². The van der Waals surface area contributed by atoms with Crippen molar-refractivity contribution in [3.8, 4) is 0 Å². The van der Waals surface area contributed by atoms with Crippen LogP contribution >= 0.6 is 0 Å². The number of hydrogen-bond acceptors (Lipinski definition) is 4. The van der Waals surface area contributed by atoms with Crippen molar-refractivity contribution in [2.75, 3.05) is 20.1 Å². The van der Waals surface area contributed by atoms with Crippen molar-refractivity contribution in [2.24, 2.45) is 0 Å². The van der Waals surface area contributed by atoms with E-state index in [4.69, 9.17) is 0 Å². The molecular weight excluding hydrogens is 362 g/mol. The molecule has 0 unspecified atom stereocenters. The SMILES string of the molecule is CN1[C@@H]2CC[C@H]1CN(C(=O)c1cnc3c(c1)ncn3CCc1ccccc1)CC2. The maximum atomic E-state index is 13.1. The fourth-order valence-corrected chi connectivity index (χ4v) is 4.80. The van der Waals surface area contributed by atoms with Gasteiger partial charge in [0.25, 0.3) is 5.91 Å². The number of benzene rings is 1. The van der Waals surface area contributed by atoms with Crippen LogP contribution in [-0.2, 0) is 13.0 Å². The molecule has 6 nitrogen and oxygen atoms in total. The second-order valence-electron chi connectivity index (χ2n) is 8.33. The molecule has 0 N–H and O–H groups in total. The minimum atomic E-state index is 0.0826. The zero-order chi connectivity index (χ0) is 19.8. The molecule has 0 saturated carbocycles. The summed E-state index contributed by atoms with van der Waals surface area (Å²) >= 11 is 0. The minimum Gasteiger partial charge on any atom is -0.337 e. The average molecular weight is 390 g/mol. The van der Waals surface area contributed by atoms with Gasteiger partial charge in [0, 0.05) is 37.9 Å². The van der Waals surface area contributed by atoms with E-state index in [1.807, 2.05) is 23.4 Å². The number of rotatable bonds is 4. The van der Waals surface area contributed by atoms with E-state index in [9.17, 15) is 4.79 Å². The molecule has 0 radical (unpaired) electrons. The van der Waals surface area contributed by atoms with Crippen molar-refractivity contribution in [3.63, 3.8) is 0 Å². The molecule has 6 heteroatoms. The third-order valence-corrected chi connectivity index (χ3v) is 6.62. The summed E-state index contributed by atoms with van der Waals surface area (Å²) in [6.45, 7) is 2.46. The highest BCUT2D eigenvalue weighted by molar-refractivity contribution is 5.96. The van der Waals surface area contributed by atoms with Gasteiger partial charge in [-0.15, -0.1) is 0 Å². The van der Waals surface area contributed by atoms with Gasteiger partial charge in [-0.1, -0.05) is 30.3 Å². The van der Waals surface area contributed by atoms with Gasteiger partial charge in [0.05, 0.1) is 11.9 Å². The summed E-state index contributed by atoms with van der Waals surface area (Å²) in [6.07, 6.45) is 7.99. The Bertz CT molecular complexity index is 1010. The third kappa shape index (κ3) is 3.53. The number of hydrogen-bond donors (Lipinski definition) is 0. The number of likely N-dealkylation sites (tertiary alicyclic amines) is 1. The Balaban J connectivity index is 1.32. The number of carbonyl (C=O) groups is 1. The number of fused-ring (bicyclic) bond motifs is 3. The van der Waals surface area contributed by atoms with Gasteiger partial charge in [-0.05, 0) is 44.4 Å². The largest absolute Gasteiger partial charge is 0.337 e. The molecule has 2 fully saturated rings. The van der Waals surface area contributed by atoms with Crippen molar-refractivity contribution in [2.45, 2.75) is 44.3 Å². The molecule has 1 aromatic carbocycles. The number of nitrogens with zero attached hydrogens (tertiary/aromatic N) is 5. The number of pyridine rings is 1. The molecule has 2 atom stereocenters. The van der Waals surface area contributed by atoms with Crippen LogP contribution in [0.2, 0.25) is 0 Å². The highest BCUT2D eigenvalue weighted by Gasteiger charge is 2.36. The zero-order valence-electron chi connectivity index (χ0n) is 16.9. The molecule has 2 aromatic heterocycles. The van der Waals surface area contributed by atoms with Gasteiger partial charge in [-0.25, -0.2) is 9.97 Å². The number of carbonyl (C=O) groups excluding carboxylic acids is 1. The van der Waals surface area contributed by atoms with E-state index in [0.29, 0.717) is 17.6 Å². The molecule has 29 heavy (non-hydrogen) atoms. The van der Waals surface area contributed by atoms with Crippen LogP contribution < -0.4 is 0 Å². The summed E-state index contributed by atoms with van der Waals surface area (Å²) in [6, 6.07) is 13.4. The Morgan fingerprint density at radius 1 is 1.10 bits per heavy atom. The van der Waals surface area contributed by atoms with Gasteiger partial charge in [0.2, 0.25) is 0 Å². The Hall–Kier alpha value is -2.73. The van der Waals surface area contributed by atoms with Crippen LogP contribution in [0.25, 0.3) is 11.2 Å². The van der Waals surface area contributed by atoms with Crippen LogP contribution in [0.15, 0.2) is 48.9 Å². The van der Waals surface area contributed by atoms with Crippen LogP contribution in [0.1, 0.15) is 35.2 Å². The first-order chi connectivity index (χ1) is 14.2. The molecule has 3 aromatic rings. The summed E-state index contributed by atoms with van der Waals surface area (Å²) < 4.78 is 2.07. The quantitative estimate of drug-likeness (QED) is 0.688. The fraction of sp³-hybridized carbons (Fsp3) is 0.435. The number of aryl methyl sites for hydroxylation is 2. The van der Waals surface area contributed by atoms with Crippen molar-refractivity contribution in [1.29, 1.82) is 0 Å². The summed E-state index contributed by atoms with van der Waals surface area (Å²) in [5.74, 6) is 0.0826. The van der Waals surface area contributed by atoms with Gasteiger partial charge in [-0.3, -0.25) is 9.69 Å². The van der Waals surface area contributed by atoms with Crippen LogP contribution in [0.3, 0.4) is 0 Å². The lowest BCUT2D eigenvalue weighted by atomic mass is 10.1.